The van der Waals surface area contributed by atoms with Crippen LogP contribution in [0, 0.1) is 4.77 Å². The zero-order valence-electron chi connectivity index (χ0n) is 15.6. The molecule has 4 aromatic rings. The Labute approximate surface area is 177 Å². The number of aromatic nitrogens is 5. The highest BCUT2D eigenvalue weighted by atomic mass is 32.1. The number of nitrogens with zero attached hydrogens (tertiary/aromatic N) is 4. The molecule has 0 atom stereocenters. The van der Waals surface area contributed by atoms with E-state index in [4.69, 9.17) is 12.2 Å². The number of nitrogens with one attached hydrogen (secondary N) is 2. The first-order valence-corrected chi connectivity index (χ1v) is 10.5. The number of hydrogen-bond donors (Lipinski definition) is 2. The number of H-pyrrole nitrogens is 1. The molecule has 2 N–H and O–H groups in total. The lowest BCUT2D eigenvalue weighted by atomic mass is 10.1. The van der Waals surface area contributed by atoms with Crippen molar-refractivity contribution in [3.8, 4) is 10.7 Å². The van der Waals surface area contributed by atoms with Crippen molar-refractivity contribution in [2.24, 2.45) is 0 Å². The third-order valence-corrected chi connectivity index (χ3v) is 5.62. The maximum atomic E-state index is 12.4. The summed E-state index contributed by atoms with van der Waals surface area (Å²) in [6.45, 7) is 1.67. The summed E-state index contributed by atoms with van der Waals surface area (Å²) in [6.07, 6.45) is 4.03. The zero-order chi connectivity index (χ0) is 20.1. The number of hydrogen-bond acceptors (Lipinski definition) is 5. The fraction of sp³-hybridized carbons (Fsp3) is 0.200. The second-order valence-corrected chi connectivity index (χ2v) is 7.87. The molecule has 29 heavy (non-hydrogen) atoms. The summed E-state index contributed by atoms with van der Waals surface area (Å²) in [5, 5.41) is 16.3. The van der Waals surface area contributed by atoms with E-state index >= 15 is 0 Å². The van der Waals surface area contributed by atoms with Crippen molar-refractivity contribution < 1.29 is 4.79 Å². The summed E-state index contributed by atoms with van der Waals surface area (Å²) in [7, 11) is 0. The van der Waals surface area contributed by atoms with Crippen LogP contribution in [0.2, 0.25) is 0 Å². The quantitative estimate of drug-likeness (QED) is 0.423. The van der Waals surface area contributed by atoms with E-state index < -0.39 is 0 Å². The average molecular weight is 425 g/mol. The molecule has 0 unspecified atom stereocenters. The Hall–Kier alpha value is -3.04. The van der Waals surface area contributed by atoms with Gasteiger partial charge in [0.05, 0.1) is 11.4 Å². The Kier molecular flexibility index (Phi) is 5.97. The standard InChI is InChI=1S/C20H20N6OS2/c27-18(7-10-26-19(23-24-20(26)28)17-6-2-11-29-17)21-13-15-4-1-5-16(12-15)14-25-9-3-8-22-25/h1-6,8-9,11-12H,7,10,13-14H2,(H,21,27)(H,24,28). The van der Waals surface area contributed by atoms with E-state index in [9.17, 15) is 4.79 Å². The van der Waals surface area contributed by atoms with E-state index in [0.29, 0.717) is 30.8 Å². The number of aromatic amines is 1. The Morgan fingerprint density at radius 1 is 1.21 bits per heavy atom. The molecule has 4 rings (SSSR count). The maximum Gasteiger partial charge on any atom is 0.222 e. The van der Waals surface area contributed by atoms with Crippen LogP contribution in [-0.4, -0.2) is 30.5 Å². The summed E-state index contributed by atoms with van der Waals surface area (Å²) < 4.78 is 4.26. The minimum absolute atomic E-state index is 0.0253. The van der Waals surface area contributed by atoms with E-state index in [-0.39, 0.29) is 5.91 Å². The van der Waals surface area contributed by atoms with Gasteiger partial charge >= 0.3 is 0 Å². The van der Waals surface area contributed by atoms with Gasteiger partial charge in [-0.05, 0) is 40.9 Å². The molecule has 3 aromatic heterocycles. The van der Waals surface area contributed by atoms with Gasteiger partial charge < -0.3 is 5.32 Å². The van der Waals surface area contributed by atoms with Crippen molar-refractivity contribution >= 4 is 29.5 Å². The molecule has 7 nitrogen and oxygen atoms in total. The summed E-state index contributed by atoms with van der Waals surface area (Å²) in [6, 6.07) is 14.0. The van der Waals surface area contributed by atoms with E-state index in [1.54, 1.807) is 17.5 Å². The molecular formula is C20H20N6OS2. The third kappa shape index (κ3) is 4.87. The fourth-order valence-electron chi connectivity index (χ4n) is 3.04. The van der Waals surface area contributed by atoms with Crippen molar-refractivity contribution in [3.63, 3.8) is 0 Å². The number of amides is 1. The van der Waals surface area contributed by atoms with Crippen LogP contribution >= 0.6 is 23.6 Å². The molecule has 1 aromatic carbocycles. The minimum atomic E-state index is -0.0253. The van der Waals surface area contributed by atoms with Gasteiger partial charge in [-0.15, -0.1) is 11.3 Å². The first-order chi connectivity index (χ1) is 14.2. The van der Waals surface area contributed by atoms with Crippen molar-refractivity contribution in [2.75, 3.05) is 0 Å². The Balaban J connectivity index is 1.32. The van der Waals surface area contributed by atoms with Gasteiger partial charge in [0.1, 0.15) is 0 Å². The van der Waals surface area contributed by atoms with Crippen molar-refractivity contribution in [3.05, 3.63) is 76.1 Å². The topological polar surface area (TPSA) is 80.5 Å². The van der Waals surface area contributed by atoms with Gasteiger partial charge in [0.25, 0.3) is 0 Å². The molecule has 0 radical (unpaired) electrons. The molecule has 9 heteroatoms. The molecule has 0 bridgehead atoms. The second kappa shape index (κ2) is 8.97. The molecule has 0 fully saturated rings. The fourth-order valence-corrected chi connectivity index (χ4v) is 3.99. The lowest BCUT2D eigenvalue weighted by molar-refractivity contribution is -0.121. The SMILES string of the molecule is O=C(CCn1c(-c2cccs2)n[nH]c1=S)NCc1cccc(Cn2cccn2)c1. The largest absolute Gasteiger partial charge is 0.352 e. The molecule has 0 spiro atoms. The normalized spacial score (nSPS) is 10.9. The summed E-state index contributed by atoms with van der Waals surface area (Å²) in [5.41, 5.74) is 2.20. The number of thiophene rings is 1. The van der Waals surface area contributed by atoms with E-state index in [1.807, 2.05) is 51.2 Å². The maximum absolute atomic E-state index is 12.4. The first-order valence-electron chi connectivity index (χ1n) is 9.20. The average Bonchev–Trinajstić information content (AvgIpc) is 3.48. The number of rotatable bonds is 8. The lowest BCUT2D eigenvalue weighted by Gasteiger charge is -2.09. The predicted octanol–water partition coefficient (Wildman–Crippen LogP) is 3.62. The zero-order valence-corrected chi connectivity index (χ0v) is 17.2. The van der Waals surface area contributed by atoms with Crippen molar-refractivity contribution in [1.29, 1.82) is 0 Å². The van der Waals surface area contributed by atoms with Crippen LogP contribution in [0.4, 0.5) is 0 Å². The van der Waals surface area contributed by atoms with Gasteiger partial charge in [-0.2, -0.15) is 10.2 Å². The van der Waals surface area contributed by atoms with Gasteiger partial charge in [0.15, 0.2) is 10.6 Å². The number of carbonyl (C=O) groups excluding carboxylic acids is 1. The van der Waals surface area contributed by atoms with Crippen LogP contribution < -0.4 is 5.32 Å². The highest BCUT2D eigenvalue weighted by Crippen LogP contribution is 2.22. The van der Waals surface area contributed by atoms with Crippen LogP contribution in [0.25, 0.3) is 10.7 Å². The lowest BCUT2D eigenvalue weighted by Crippen LogP contribution is -2.24. The highest BCUT2D eigenvalue weighted by molar-refractivity contribution is 7.71. The van der Waals surface area contributed by atoms with Crippen LogP contribution in [0.3, 0.4) is 0 Å². The van der Waals surface area contributed by atoms with Gasteiger partial charge in [-0.25, -0.2) is 0 Å². The summed E-state index contributed by atoms with van der Waals surface area (Å²) >= 11 is 6.90. The molecular weight excluding hydrogens is 404 g/mol. The Morgan fingerprint density at radius 3 is 2.90 bits per heavy atom. The van der Waals surface area contributed by atoms with Gasteiger partial charge in [-0.3, -0.25) is 19.1 Å². The van der Waals surface area contributed by atoms with Gasteiger partial charge in [0.2, 0.25) is 5.91 Å². The molecule has 0 aliphatic heterocycles. The summed E-state index contributed by atoms with van der Waals surface area (Å²) in [4.78, 5) is 13.4. The number of carbonyl (C=O) groups is 1. The minimum Gasteiger partial charge on any atom is -0.352 e. The van der Waals surface area contributed by atoms with E-state index in [0.717, 1.165) is 21.8 Å². The predicted molar refractivity (Wildman–Crippen MR) is 115 cm³/mol. The van der Waals surface area contributed by atoms with E-state index in [1.165, 1.54) is 0 Å². The van der Waals surface area contributed by atoms with Gasteiger partial charge in [0, 0.05) is 31.9 Å². The van der Waals surface area contributed by atoms with Crippen LogP contribution in [-0.2, 0) is 24.4 Å². The third-order valence-electron chi connectivity index (χ3n) is 4.45. The second-order valence-electron chi connectivity index (χ2n) is 6.53. The molecule has 0 saturated carbocycles. The summed E-state index contributed by atoms with van der Waals surface area (Å²) in [5.74, 6) is 0.742. The van der Waals surface area contributed by atoms with Crippen molar-refractivity contribution in [2.45, 2.75) is 26.1 Å². The van der Waals surface area contributed by atoms with Crippen LogP contribution in [0.5, 0.6) is 0 Å². The molecule has 1 amide bonds. The van der Waals surface area contributed by atoms with Crippen LogP contribution in [0.1, 0.15) is 17.5 Å². The van der Waals surface area contributed by atoms with Gasteiger partial charge in [-0.1, -0.05) is 30.3 Å². The molecule has 148 valence electrons. The number of benzene rings is 1. The van der Waals surface area contributed by atoms with Crippen molar-refractivity contribution in [1.82, 2.24) is 29.9 Å². The Morgan fingerprint density at radius 2 is 2.10 bits per heavy atom. The van der Waals surface area contributed by atoms with E-state index in [2.05, 4.69) is 32.7 Å². The molecule has 0 aliphatic rings. The molecule has 0 aliphatic carbocycles. The van der Waals surface area contributed by atoms with Crippen LogP contribution in [0.15, 0.2) is 60.2 Å². The smallest absolute Gasteiger partial charge is 0.222 e. The first kappa shape index (κ1) is 19.3. The Bertz CT molecular complexity index is 1130. The monoisotopic (exact) mass is 424 g/mol. The molecule has 3 heterocycles. The molecule has 0 saturated heterocycles. The highest BCUT2D eigenvalue weighted by Gasteiger charge is 2.11.